The molecule has 0 bridgehead atoms. The minimum absolute atomic E-state index is 0.104. The van der Waals surface area contributed by atoms with E-state index >= 15 is 0 Å². The standard InChI is InChI=1S/C25H26N2O3S/c1-17(2)30-20-12-10-19(11-13-20)16-26-25(29)23(15-21-8-6-14-31-21)27-24(28)22-9-5-4-7-18(22)3/h4-15,17H,16H2,1-3H3,(H,26,29)(H,27,28)/b23-15-. The molecule has 0 saturated carbocycles. The molecule has 3 aromatic rings. The number of carbonyl (C=O) groups excluding carboxylic acids is 2. The SMILES string of the molecule is Cc1ccccc1C(=O)N/C(=C\c1cccs1)C(=O)NCc1ccc(OC(C)C)cc1. The fourth-order valence-electron chi connectivity index (χ4n) is 2.93. The summed E-state index contributed by atoms with van der Waals surface area (Å²) in [5.74, 6) is 0.123. The second kappa shape index (κ2) is 10.6. The maximum atomic E-state index is 12.9. The monoisotopic (exact) mass is 434 g/mol. The van der Waals surface area contributed by atoms with Crippen LogP contribution in [0.2, 0.25) is 0 Å². The third kappa shape index (κ3) is 6.55. The zero-order chi connectivity index (χ0) is 22.2. The smallest absolute Gasteiger partial charge is 0.268 e. The average Bonchev–Trinajstić information content (AvgIpc) is 3.25. The molecule has 2 aromatic carbocycles. The van der Waals surface area contributed by atoms with E-state index < -0.39 is 0 Å². The van der Waals surface area contributed by atoms with E-state index in [1.807, 2.05) is 74.7 Å². The first-order valence-electron chi connectivity index (χ1n) is 10.1. The molecule has 2 amide bonds. The lowest BCUT2D eigenvalue weighted by atomic mass is 10.1. The highest BCUT2D eigenvalue weighted by Crippen LogP contribution is 2.16. The number of hydrogen-bond donors (Lipinski definition) is 2. The summed E-state index contributed by atoms with van der Waals surface area (Å²) in [7, 11) is 0. The van der Waals surface area contributed by atoms with Gasteiger partial charge in [0.15, 0.2) is 0 Å². The minimum atomic E-state index is -0.349. The highest BCUT2D eigenvalue weighted by Gasteiger charge is 2.16. The van der Waals surface area contributed by atoms with Crippen molar-refractivity contribution in [3.8, 4) is 5.75 Å². The number of benzene rings is 2. The Hall–Kier alpha value is -3.38. The van der Waals surface area contributed by atoms with E-state index in [1.165, 1.54) is 11.3 Å². The van der Waals surface area contributed by atoms with E-state index in [0.717, 1.165) is 21.8 Å². The predicted octanol–water partition coefficient (Wildman–Crippen LogP) is 4.93. The fourth-order valence-corrected chi connectivity index (χ4v) is 3.58. The number of ether oxygens (including phenoxy) is 1. The first kappa shape index (κ1) is 22.3. The maximum Gasteiger partial charge on any atom is 0.268 e. The second-order valence-electron chi connectivity index (χ2n) is 7.34. The summed E-state index contributed by atoms with van der Waals surface area (Å²) in [6, 6.07) is 18.7. The molecule has 0 aliphatic carbocycles. The van der Waals surface area contributed by atoms with E-state index in [-0.39, 0.29) is 23.6 Å². The predicted molar refractivity (Wildman–Crippen MR) is 125 cm³/mol. The molecular formula is C25H26N2O3S. The van der Waals surface area contributed by atoms with E-state index in [1.54, 1.807) is 18.2 Å². The molecule has 1 aromatic heterocycles. The molecule has 2 N–H and O–H groups in total. The molecule has 0 saturated heterocycles. The highest BCUT2D eigenvalue weighted by atomic mass is 32.1. The summed E-state index contributed by atoms with van der Waals surface area (Å²) in [6.45, 7) is 6.15. The van der Waals surface area contributed by atoms with Crippen LogP contribution in [0.15, 0.2) is 71.7 Å². The summed E-state index contributed by atoms with van der Waals surface area (Å²) >= 11 is 1.49. The van der Waals surface area contributed by atoms with Crippen molar-refractivity contribution < 1.29 is 14.3 Å². The van der Waals surface area contributed by atoms with Gasteiger partial charge in [-0.3, -0.25) is 9.59 Å². The molecule has 0 unspecified atom stereocenters. The number of nitrogens with one attached hydrogen (secondary N) is 2. The van der Waals surface area contributed by atoms with Crippen LogP contribution in [0.4, 0.5) is 0 Å². The number of rotatable bonds is 8. The van der Waals surface area contributed by atoms with Crippen molar-refractivity contribution in [3.05, 3.63) is 93.3 Å². The van der Waals surface area contributed by atoms with Crippen LogP contribution in [-0.4, -0.2) is 17.9 Å². The Morgan fingerprint density at radius 1 is 1.03 bits per heavy atom. The van der Waals surface area contributed by atoms with Crippen molar-refractivity contribution in [1.29, 1.82) is 0 Å². The van der Waals surface area contributed by atoms with Gasteiger partial charge in [0.05, 0.1) is 6.10 Å². The molecule has 0 fully saturated rings. The number of thiophene rings is 1. The molecule has 0 radical (unpaired) electrons. The van der Waals surface area contributed by atoms with Gasteiger partial charge in [-0.25, -0.2) is 0 Å². The number of amides is 2. The van der Waals surface area contributed by atoms with Gasteiger partial charge < -0.3 is 15.4 Å². The Kier molecular flexibility index (Phi) is 7.62. The van der Waals surface area contributed by atoms with E-state index in [4.69, 9.17) is 4.74 Å². The summed E-state index contributed by atoms with van der Waals surface area (Å²) in [5.41, 5.74) is 2.52. The van der Waals surface area contributed by atoms with Gasteiger partial charge in [-0.15, -0.1) is 11.3 Å². The molecule has 6 heteroatoms. The van der Waals surface area contributed by atoms with Gasteiger partial charge in [-0.2, -0.15) is 0 Å². The van der Waals surface area contributed by atoms with Crippen molar-refractivity contribution in [3.63, 3.8) is 0 Å². The fraction of sp³-hybridized carbons (Fsp3) is 0.200. The van der Waals surface area contributed by atoms with Gasteiger partial charge in [0, 0.05) is 17.0 Å². The molecule has 0 spiro atoms. The van der Waals surface area contributed by atoms with E-state index in [9.17, 15) is 9.59 Å². The summed E-state index contributed by atoms with van der Waals surface area (Å²) < 4.78 is 5.64. The molecule has 31 heavy (non-hydrogen) atoms. The van der Waals surface area contributed by atoms with Crippen LogP contribution in [0, 0.1) is 6.92 Å². The van der Waals surface area contributed by atoms with Crippen LogP contribution in [0.1, 0.15) is 40.2 Å². The molecule has 0 aliphatic rings. The Labute approximate surface area is 186 Å². The molecule has 5 nitrogen and oxygen atoms in total. The van der Waals surface area contributed by atoms with Crippen LogP contribution in [0.3, 0.4) is 0 Å². The van der Waals surface area contributed by atoms with Gasteiger partial charge in [-0.1, -0.05) is 36.4 Å². The van der Waals surface area contributed by atoms with Crippen molar-refractivity contribution in [1.82, 2.24) is 10.6 Å². The van der Waals surface area contributed by atoms with Crippen LogP contribution < -0.4 is 15.4 Å². The molecule has 0 atom stereocenters. The third-order valence-corrected chi connectivity index (χ3v) is 5.28. The minimum Gasteiger partial charge on any atom is -0.491 e. The van der Waals surface area contributed by atoms with Crippen LogP contribution in [-0.2, 0) is 11.3 Å². The summed E-state index contributed by atoms with van der Waals surface area (Å²) in [4.78, 5) is 26.5. The normalized spacial score (nSPS) is 11.3. The summed E-state index contributed by atoms with van der Waals surface area (Å²) in [6.07, 6.45) is 1.79. The number of carbonyl (C=O) groups is 2. The maximum absolute atomic E-state index is 12.9. The Morgan fingerprint density at radius 3 is 2.42 bits per heavy atom. The van der Waals surface area contributed by atoms with E-state index in [2.05, 4.69) is 10.6 Å². The highest BCUT2D eigenvalue weighted by molar-refractivity contribution is 7.10. The van der Waals surface area contributed by atoms with Gasteiger partial charge in [0.1, 0.15) is 11.4 Å². The Bertz CT molecular complexity index is 1050. The molecular weight excluding hydrogens is 408 g/mol. The first-order chi connectivity index (χ1) is 14.9. The van der Waals surface area contributed by atoms with Gasteiger partial charge in [0.25, 0.3) is 11.8 Å². The third-order valence-electron chi connectivity index (χ3n) is 4.46. The summed E-state index contributed by atoms with van der Waals surface area (Å²) in [5, 5.41) is 7.58. The van der Waals surface area contributed by atoms with Gasteiger partial charge in [-0.05, 0) is 67.6 Å². The molecule has 0 aliphatic heterocycles. The number of hydrogen-bond acceptors (Lipinski definition) is 4. The van der Waals surface area contributed by atoms with Gasteiger partial charge >= 0.3 is 0 Å². The largest absolute Gasteiger partial charge is 0.491 e. The van der Waals surface area contributed by atoms with Crippen molar-refractivity contribution in [2.45, 2.75) is 33.4 Å². The van der Waals surface area contributed by atoms with Gasteiger partial charge in [0.2, 0.25) is 0 Å². The zero-order valence-corrected chi connectivity index (χ0v) is 18.7. The number of aryl methyl sites for hydroxylation is 1. The lowest BCUT2D eigenvalue weighted by molar-refractivity contribution is -0.117. The van der Waals surface area contributed by atoms with Crippen LogP contribution >= 0.6 is 11.3 Å². The zero-order valence-electron chi connectivity index (χ0n) is 17.8. The average molecular weight is 435 g/mol. The Morgan fingerprint density at radius 2 is 1.77 bits per heavy atom. The van der Waals surface area contributed by atoms with Crippen molar-refractivity contribution in [2.75, 3.05) is 0 Å². The first-order valence-corrected chi connectivity index (χ1v) is 11.0. The van der Waals surface area contributed by atoms with Crippen LogP contribution in [0.25, 0.3) is 6.08 Å². The molecule has 3 rings (SSSR count). The van der Waals surface area contributed by atoms with E-state index in [0.29, 0.717) is 12.1 Å². The Balaban J connectivity index is 1.71. The molecule has 160 valence electrons. The lowest BCUT2D eigenvalue weighted by Gasteiger charge is -2.13. The quantitative estimate of drug-likeness (QED) is 0.494. The lowest BCUT2D eigenvalue weighted by Crippen LogP contribution is -2.34. The second-order valence-corrected chi connectivity index (χ2v) is 8.31. The van der Waals surface area contributed by atoms with Crippen LogP contribution in [0.5, 0.6) is 5.75 Å². The molecule has 1 heterocycles. The topological polar surface area (TPSA) is 67.4 Å². The van der Waals surface area contributed by atoms with Crippen molar-refractivity contribution in [2.24, 2.45) is 0 Å². The van der Waals surface area contributed by atoms with Crippen molar-refractivity contribution >= 4 is 29.2 Å².